The maximum atomic E-state index is 5.57. The van der Waals surface area contributed by atoms with Gasteiger partial charge in [-0.2, -0.15) is 0 Å². The number of fused-ring (bicyclic) bond motifs is 2. The van der Waals surface area contributed by atoms with E-state index in [1.807, 2.05) is 6.07 Å². The third kappa shape index (κ3) is 1.69. The standard InChI is InChI=1S/C15H21NO2/c1-16-7-6-11-8-12-10(9-13(11)16)4-5-14(17-2)15(12)18-3/h4-5,11,13H,6-9H2,1-3H3/t11-,13?/m1/s1. The Morgan fingerprint density at radius 1 is 1.17 bits per heavy atom. The van der Waals surface area contributed by atoms with Crippen molar-refractivity contribution in [2.24, 2.45) is 5.92 Å². The van der Waals surface area contributed by atoms with Gasteiger partial charge in [-0.25, -0.2) is 0 Å². The molecule has 0 N–H and O–H groups in total. The Hall–Kier alpha value is -1.22. The topological polar surface area (TPSA) is 21.7 Å². The summed E-state index contributed by atoms with van der Waals surface area (Å²) in [5.41, 5.74) is 2.80. The maximum Gasteiger partial charge on any atom is 0.164 e. The Bertz CT molecular complexity index is 458. The number of methoxy groups -OCH3 is 2. The molecule has 1 fully saturated rings. The quantitative estimate of drug-likeness (QED) is 0.799. The number of nitrogens with zero attached hydrogens (tertiary/aromatic N) is 1. The monoisotopic (exact) mass is 247 g/mol. The predicted octanol–water partition coefficient (Wildman–Crippen LogP) is 2.12. The molecule has 1 aromatic rings. The fourth-order valence-electron chi connectivity index (χ4n) is 3.58. The van der Waals surface area contributed by atoms with E-state index in [9.17, 15) is 0 Å². The first-order valence-corrected chi connectivity index (χ1v) is 6.67. The molecule has 3 heteroatoms. The van der Waals surface area contributed by atoms with Gasteiger partial charge in [0.25, 0.3) is 0 Å². The molecule has 3 nitrogen and oxygen atoms in total. The van der Waals surface area contributed by atoms with Gasteiger partial charge in [-0.15, -0.1) is 0 Å². The molecule has 0 amide bonds. The van der Waals surface area contributed by atoms with E-state index < -0.39 is 0 Å². The second-order valence-corrected chi connectivity index (χ2v) is 5.44. The second kappa shape index (κ2) is 4.47. The fraction of sp³-hybridized carbons (Fsp3) is 0.600. The van der Waals surface area contributed by atoms with Crippen molar-refractivity contribution in [1.82, 2.24) is 4.90 Å². The molecule has 3 rings (SSSR count). The van der Waals surface area contributed by atoms with Crippen molar-refractivity contribution in [3.05, 3.63) is 23.3 Å². The first-order chi connectivity index (χ1) is 8.74. The zero-order valence-electron chi connectivity index (χ0n) is 11.4. The van der Waals surface area contributed by atoms with Crippen LogP contribution in [-0.2, 0) is 12.8 Å². The molecule has 0 spiro atoms. The normalized spacial score (nSPS) is 26.6. The van der Waals surface area contributed by atoms with E-state index in [1.54, 1.807) is 14.2 Å². The molecule has 1 aliphatic carbocycles. The van der Waals surface area contributed by atoms with E-state index in [4.69, 9.17) is 9.47 Å². The van der Waals surface area contributed by atoms with Gasteiger partial charge >= 0.3 is 0 Å². The summed E-state index contributed by atoms with van der Waals surface area (Å²) in [5, 5.41) is 0. The van der Waals surface area contributed by atoms with Crippen LogP contribution < -0.4 is 9.47 Å². The lowest BCUT2D eigenvalue weighted by atomic mass is 9.80. The van der Waals surface area contributed by atoms with Crippen molar-refractivity contribution >= 4 is 0 Å². The van der Waals surface area contributed by atoms with Crippen molar-refractivity contribution < 1.29 is 9.47 Å². The van der Waals surface area contributed by atoms with Gasteiger partial charge in [0.05, 0.1) is 14.2 Å². The number of ether oxygens (including phenoxy) is 2. The summed E-state index contributed by atoms with van der Waals surface area (Å²) >= 11 is 0. The summed E-state index contributed by atoms with van der Waals surface area (Å²) in [5.74, 6) is 2.59. The highest BCUT2D eigenvalue weighted by molar-refractivity contribution is 5.52. The summed E-state index contributed by atoms with van der Waals surface area (Å²) in [6.45, 7) is 1.22. The zero-order valence-corrected chi connectivity index (χ0v) is 11.4. The lowest BCUT2D eigenvalue weighted by molar-refractivity contribution is 0.255. The summed E-state index contributed by atoms with van der Waals surface area (Å²) < 4.78 is 11.0. The van der Waals surface area contributed by atoms with Crippen LogP contribution in [0.4, 0.5) is 0 Å². The van der Waals surface area contributed by atoms with Crippen LogP contribution in [0.3, 0.4) is 0 Å². The molecular formula is C15H21NO2. The second-order valence-electron chi connectivity index (χ2n) is 5.44. The van der Waals surface area contributed by atoms with Crippen LogP contribution in [0.2, 0.25) is 0 Å². The van der Waals surface area contributed by atoms with Crippen LogP contribution in [0.5, 0.6) is 11.5 Å². The van der Waals surface area contributed by atoms with E-state index in [2.05, 4.69) is 18.0 Å². The number of hydrogen-bond donors (Lipinski definition) is 0. The SMILES string of the molecule is COc1ccc2c(c1OC)C[C@H]1CCN(C)C1C2. The summed E-state index contributed by atoms with van der Waals surface area (Å²) in [6, 6.07) is 4.96. The van der Waals surface area contributed by atoms with E-state index in [0.29, 0.717) is 0 Å². The molecule has 0 radical (unpaired) electrons. The minimum atomic E-state index is 0.718. The third-order valence-electron chi connectivity index (χ3n) is 4.60. The van der Waals surface area contributed by atoms with Crippen LogP contribution in [0.25, 0.3) is 0 Å². The lowest BCUT2D eigenvalue weighted by Gasteiger charge is -2.32. The fourth-order valence-corrected chi connectivity index (χ4v) is 3.58. The molecule has 1 aliphatic heterocycles. The molecule has 98 valence electrons. The minimum Gasteiger partial charge on any atom is -0.493 e. The molecule has 2 atom stereocenters. The van der Waals surface area contributed by atoms with Crippen LogP contribution in [0.1, 0.15) is 17.5 Å². The molecule has 0 saturated carbocycles. The Morgan fingerprint density at radius 3 is 2.72 bits per heavy atom. The van der Waals surface area contributed by atoms with Gasteiger partial charge in [0, 0.05) is 11.6 Å². The van der Waals surface area contributed by atoms with Crippen LogP contribution in [0, 0.1) is 5.92 Å². The molecule has 0 aromatic heterocycles. The number of benzene rings is 1. The molecular weight excluding hydrogens is 226 g/mol. The Balaban J connectivity index is 2.01. The van der Waals surface area contributed by atoms with E-state index in [1.165, 1.54) is 24.1 Å². The largest absolute Gasteiger partial charge is 0.493 e. The van der Waals surface area contributed by atoms with Crippen molar-refractivity contribution in [3.8, 4) is 11.5 Å². The van der Waals surface area contributed by atoms with Gasteiger partial charge < -0.3 is 14.4 Å². The number of hydrogen-bond acceptors (Lipinski definition) is 3. The molecule has 0 bridgehead atoms. The number of likely N-dealkylation sites (N-methyl/N-ethyl adjacent to an activating group) is 1. The molecule has 1 saturated heterocycles. The number of rotatable bonds is 2. The maximum absolute atomic E-state index is 5.57. The van der Waals surface area contributed by atoms with Gasteiger partial charge in [-0.3, -0.25) is 0 Å². The van der Waals surface area contributed by atoms with E-state index in [0.717, 1.165) is 36.3 Å². The summed E-state index contributed by atoms with van der Waals surface area (Å²) in [7, 11) is 5.70. The predicted molar refractivity (Wildman–Crippen MR) is 71.5 cm³/mol. The van der Waals surface area contributed by atoms with Gasteiger partial charge in [0.1, 0.15) is 0 Å². The highest BCUT2D eigenvalue weighted by Gasteiger charge is 2.37. The van der Waals surface area contributed by atoms with Crippen molar-refractivity contribution in [2.45, 2.75) is 25.3 Å². The highest BCUT2D eigenvalue weighted by Crippen LogP contribution is 2.42. The van der Waals surface area contributed by atoms with E-state index >= 15 is 0 Å². The van der Waals surface area contributed by atoms with Crippen molar-refractivity contribution in [3.63, 3.8) is 0 Å². The van der Waals surface area contributed by atoms with Crippen LogP contribution in [-0.4, -0.2) is 38.8 Å². The first kappa shape index (κ1) is 11.8. The molecule has 1 heterocycles. The zero-order chi connectivity index (χ0) is 12.7. The van der Waals surface area contributed by atoms with Crippen molar-refractivity contribution in [2.75, 3.05) is 27.8 Å². The van der Waals surface area contributed by atoms with Gasteiger partial charge in [0.2, 0.25) is 0 Å². The van der Waals surface area contributed by atoms with Crippen LogP contribution >= 0.6 is 0 Å². The lowest BCUT2D eigenvalue weighted by Crippen LogP contribution is -2.35. The Morgan fingerprint density at radius 2 is 2.00 bits per heavy atom. The van der Waals surface area contributed by atoms with E-state index in [-0.39, 0.29) is 0 Å². The van der Waals surface area contributed by atoms with Crippen LogP contribution in [0.15, 0.2) is 12.1 Å². The molecule has 2 aliphatic rings. The van der Waals surface area contributed by atoms with Gasteiger partial charge in [-0.05, 0) is 50.4 Å². The number of likely N-dealkylation sites (tertiary alicyclic amines) is 1. The minimum absolute atomic E-state index is 0.718. The summed E-state index contributed by atoms with van der Waals surface area (Å²) in [6.07, 6.45) is 3.59. The Labute approximate surface area is 109 Å². The average Bonchev–Trinajstić information content (AvgIpc) is 2.76. The molecule has 1 unspecified atom stereocenters. The van der Waals surface area contributed by atoms with Gasteiger partial charge in [-0.1, -0.05) is 6.07 Å². The molecule has 1 aromatic carbocycles. The third-order valence-corrected chi connectivity index (χ3v) is 4.60. The molecule has 18 heavy (non-hydrogen) atoms. The first-order valence-electron chi connectivity index (χ1n) is 6.67. The Kier molecular flexibility index (Phi) is 2.94. The summed E-state index contributed by atoms with van der Waals surface area (Å²) in [4.78, 5) is 2.50. The van der Waals surface area contributed by atoms with Crippen molar-refractivity contribution in [1.29, 1.82) is 0 Å². The average molecular weight is 247 g/mol. The van der Waals surface area contributed by atoms with Gasteiger partial charge in [0.15, 0.2) is 11.5 Å². The smallest absolute Gasteiger partial charge is 0.164 e. The highest BCUT2D eigenvalue weighted by atomic mass is 16.5.